The van der Waals surface area contributed by atoms with E-state index in [1.165, 1.54) is 0 Å². The molecular weight excluding hydrogens is 472 g/mol. The van der Waals surface area contributed by atoms with Gasteiger partial charge in [-0.1, -0.05) is 48.5 Å². The molecule has 4 aromatic rings. The number of ether oxygens (including phenoxy) is 3. The molecule has 2 aliphatic rings. The van der Waals surface area contributed by atoms with Gasteiger partial charge in [-0.25, -0.2) is 4.99 Å². The third-order valence-corrected chi connectivity index (χ3v) is 7.05. The van der Waals surface area contributed by atoms with E-state index in [9.17, 15) is 15.3 Å². The fourth-order valence-corrected chi connectivity index (χ4v) is 5.09. The van der Waals surface area contributed by atoms with Gasteiger partial charge in [-0.15, -0.1) is 0 Å². The first-order chi connectivity index (χ1) is 18.1. The Balaban J connectivity index is 1.37. The number of nitrogens with zero attached hydrogens (tertiary/aromatic N) is 2. The molecule has 0 spiro atoms. The van der Waals surface area contributed by atoms with Crippen molar-refractivity contribution in [2.75, 3.05) is 13.7 Å². The molecule has 3 heterocycles. The maximum atomic E-state index is 10.6. The van der Waals surface area contributed by atoms with Crippen molar-refractivity contribution in [1.29, 1.82) is 0 Å². The molecule has 1 aromatic heterocycles. The number of aliphatic hydroxyl groups is 3. The molecule has 5 atom stereocenters. The van der Waals surface area contributed by atoms with Crippen LogP contribution < -0.4 is 4.74 Å². The molecule has 3 aromatic carbocycles. The van der Waals surface area contributed by atoms with Crippen LogP contribution in [0.15, 0.2) is 84.0 Å². The molecule has 1 fully saturated rings. The van der Waals surface area contributed by atoms with Crippen molar-refractivity contribution in [3.05, 3.63) is 90.1 Å². The van der Waals surface area contributed by atoms with Crippen LogP contribution in [-0.4, -0.2) is 70.1 Å². The van der Waals surface area contributed by atoms with Crippen LogP contribution in [0.5, 0.6) is 5.75 Å². The average molecular weight is 501 g/mol. The van der Waals surface area contributed by atoms with Gasteiger partial charge >= 0.3 is 0 Å². The van der Waals surface area contributed by atoms with E-state index in [4.69, 9.17) is 14.2 Å². The lowest BCUT2D eigenvalue weighted by Crippen LogP contribution is -2.56. The molecular formula is C29H28N2O6. The van der Waals surface area contributed by atoms with Crippen molar-refractivity contribution in [3.8, 4) is 16.9 Å². The smallest absolute Gasteiger partial charge is 0.227 e. The number of rotatable bonds is 6. The van der Waals surface area contributed by atoms with E-state index in [1.54, 1.807) is 7.11 Å². The van der Waals surface area contributed by atoms with Gasteiger partial charge in [0, 0.05) is 24.2 Å². The Bertz CT molecular complexity index is 1450. The zero-order chi connectivity index (χ0) is 25.5. The van der Waals surface area contributed by atoms with E-state index in [-0.39, 0.29) is 0 Å². The predicted molar refractivity (Wildman–Crippen MR) is 139 cm³/mol. The van der Waals surface area contributed by atoms with E-state index >= 15 is 0 Å². The fourth-order valence-electron chi connectivity index (χ4n) is 5.09. The Labute approximate surface area is 214 Å². The van der Waals surface area contributed by atoms with Gasteiger partial charge in [0.2, 0.25) is 12.2 Å². The van der Waals surface area contributed by atoms with Crippen LogP contribution in [0.4, 0.5) is 0 Å². The molecule has 0 bridgehead atoms. The van der Waals surface area contributed by atoms with Crippen LogP contribution in [0.3, 0.4) is 0 Å². The lowest BCUT2D eigenvalue weighted by atomic mass is 9.98. The minimum atomic E-state index is -1.25. The summed E-state index contributed by atoms with van der Waals surface area (Å²) < 4.78 is 19.3. The van der Waals surface area contributed by atoms with Crippen molar-refractivity contribution in [2.24, 2.45) is 4.99 Å². The van der Waals surface area contributed by atoms with Gasteiger partial charge in [-0.05, 0) is 34.9 Å². The number of hydrogen-bond donors (Lipinski definition) is 3. The third kappa shape index (κ3) is 4.28. The largest absolute Gasteiger partial charge is 0.497 e. The van der Waals surface area contributed by atoms with Crippen LogP contribution in [-0.2, 0) is 16.0 Å². The van der Waals surface area contributed by atoms with E-state index in [1.807, 2.05) is 42.6 Å². The quantitative estimate of drug-likeness (QED) is 0.376. The van der Waals surface area contributed by atoms with Crippen LogP contribution in [0.1, 0.15) is 11.1 Å². The molecule has 190 valence electrons. The summed E-state index contributed by atoms with van der Waals surface area (Å²) in [7, 11) is 1.63. The highest BCUT2D eigenvalue weighted by atomic mass is 16.7. The molecule has 6 rings (SSSR count). The maximum Gasteiger partial charge on any atom is 0.227 e. The molecule has 1 saturated heterocycles. The summed E-state index contributed by atoms with van der Waals surface area (Å²) in [4.78, 5) is 4.58. The number of aromatic nitrogens is 1. The fraction of sp³-hybridized carbons (Fsp3) is 0.276. The Morgan fingerprint density at radius 2 is 1.76 bits per heavy atom. The van der Waals surface area contributed by atoms with E-state index in [0.717, 1.165) is 38.9 Å². The van der Waals surface area contributed by atoms with Gasteiger partial charge < -0.3 is 34.1 Å². The van der Waals surface area contributed by atoms with E-state index in [2.05, 4.69) is 46.0 Å². The molecule has 3 N–H and O–H groups in total. The summed E-state index contributed by atoms with van der Waals surface area (Å²) in [5, 5.41) is 31.2. The predicted octanol–water partition coefficient (Wildman–Crippen LogP) is 2.95. The number of aliphatic hydroxyl groups excluding tert-OH is 3. The molecule has 2 aliphatic heterocycles. The molecule has 2 unspecified atom stereocenters. The lowest BCUT2D eigenvalue weighted by Gasteiger charge is -2.36. The van der Waals surface area contributed by atoms with Crippen molar-refractivity contribution in [1.82, 2.24) is 4.57 Å². The minimum absolute atomic E-state index is 0.326. The number of methoxy groups -OCH3 is 1. The first kappa shape index (κ1) is 23.7. The summed E-state index contributed by atoms with van der Waals surface area (Å²) in [6.45, 7) is 0.177. The molecule has 8 heteroatoms. The van der Waals surface area contributed by atoms with Crippen molar-refractivity contribution in [2.45, 2.75) is 37.2 Å². The Morgan fingerprint density at radius 1 is 0.946 bits per heavy atom. The second-order valence-corrected chi connectivity index (χ2v) is 9.37. The van der Waals surface area contributed by atoms with Gasteiger partial charge in [-0.3, -0.25) is 0 Å². The van der Waals surface area contributed by atoms with E-state index in [0.29, 0.717) is 12.4 Å². The van der Waals surface area contributed by atoms with Crippen LogP contribution >= 0.6 is 0 Å². The van der Waals surface area contributed by atoms with Gasteiger partial charge in [0.05, 0.1) is 24.8 Å². The summed E-state index contributed by atoms with van der Waals surface area (Å²) in [6.07, 6.45) is -2.30. The molecule has 0 amide bonds. The summed E-state index contributed by atoms with van der Waals surface area (Å²) in [6, 6.07) is 23.7. The monoisotopic (exact) mass is 500 g/mol. The highest BCUT2D eigenvalue weighted by Crippen LogP contribution is 2.34. The minimum Gasteiger partial charge on any atom is -0.497 e. The normalized spacial score (nSPS) is 25.0. The van der Waals surface area contributed by atoms with Crippen LogP contribution in [0.25, 0.3) is 22.0 Å². The van der Waals surface area contributed by atoms with Crippen molar-refractivity contribution < 1.29 is 29.5 Å². The zero-order valence-electron chi connectivity index (χ0n) is 20.3. The van der Waals surface area contributed by atoms with Gasteiger partial charge in [0.1, 0.15) is 30.1 Å². The maximum absolute atomic E-state index is 10.6. The molecule has 0 aliphatic carbocycles. The van der Waals surface area contributed by atoms with Gasteiger partial charge in [0.25, 0.3) is 0 Å². The molecule has 8 nitrogen and oxygen atoms in total. The summed E-state index contributed by atoms with van der Waals surface area (Å²) in [5.41, 5.74) is 5.11. The average Bonchev–Trinajstić information content (AvgIpc) is 3.52. The summed E-state index contributed by atoms with van der Waals surface area (Å²) in [5.74, 6) is 1.05. The molecule has 0 radical (unpaired) electrons. The zero-order valence-corrected chi connectivity index (χ0v) is 20.3. The first-order valence-electron chi connectivity index (χ1n) is 12.2. The standard InChI is InChI=1S/C29H28N2O6/c1-35-20-10-11-21-22(28-30-25-27(34)26(33)24(16-32)36-29(25)37-28)15-31(23(21)13-20)14-17-6-5-9-19(12-17)18-7-3-2-4-8-18/h2-13,15,24-27,29,32-34H,14,16H2,1H3/t24?,25-,26-,27?,29-/m1/s1. The highest BCUT2D eigenvalue weighted by Gasteiger charge is 2.49. The van der Waals surface area contributed by atoms with Gasteiger partial charge in [0.15, 0.2) is 0 Å². The number of hydrogen-bond acceptors (Lipinski definition) is 7. The highest BCUT2D eigenvalue weighted by molar-refractivity contribution is 6.08. The Hall–Kier alpha value is -3.69. The Morgan fingerprint density at radius 3 is 2.54 bits per heavy atom. The summed E-state index contributed by atoms with van der Waals surface area (Å²) >= 11 is 0. The molecule has 0 saturated carbocycles. The molecule has 37 heavy (non-hydrogen) atoms. The van der Waals surface area contributed by atoms with Crippen molar-refractivity contribution in [3.63, 3.8) is 0 Å². The van der Waals surface area contributed by atoms with Crippen LogP contribution in [0.2, 0.25) is 0 Å². The second-order valence-electron chi connectivity index (χ2n) is 9.37. The Kier molecular flexibility index (Phi) is 6.18. The number of benzene rings is 3. The lowest BCUT2D eigenvalue weighted by molar-refractivity contribution is -0.234. The van der Waals surface area contributed by atoms with Crippen LogP contribution in [0, 0.1) is 0 Å². The number of aliphatic imine (C=N–C) groups is 1. The third-order valence-electron chi connectivity index (χ3n) is 7.05. The number of fused-ring (bicyclic) bond motifs is 2. The first-order valence-corrected chi connectivity index (χ1v) is 12.2. The van der Waals surface area contributed by atoms with Gasteiger partial charge in [-0.2, -0.15) is 0 Å². The SMILES string of the molecule is COc1ccc2c(C3=N[C@@H]4C(O)[C@H](O)C(CO)O[C@@H]4O3)cn(Cc3cccc(-c4ccccc4)c3)c2c1. The van der Waals surface area contributed by atoms with Crippen molar-refractivity contribution >= 4 is 16.8 Å². The second kappa shape index (κ2) is 9.64. The van der Waals surface area contributed by atoms with E-state index < -0.39 is 37.3 Å². The topological polar surface area (TPSA) is 106 Å².